The van der Waals surface area contributed by atoms with Gasteiger partial charge in [0.15, 0.2) is 0 Å². The number of nitrogens with one attached hydrogen (secondary N) is 2. The van der Waals surface area contributed by atoms with Crippen LogP contribution in [0.5, 0.6) is 0 Å². The summed E-state index contributed by atoms with van der Waals surface area (Å²) < 4.78 is 27.4. The second-order valence-corrected chi connectivity index (χ2v) is 7.22. The standard InChI is InChI=1S/C22H20F2N4O/c23-16-4-1-5-17(12-16)28-21(29)15-7-8-19(26-13-15)27-14-22(9-3-10-22)20-18(24)6-2-11-25-20/h1-2,4-8,11-13H,3,9-10,14H2,(H,26,27)(H,28,29). The van der Waals surface area contributed by atoms with Crippen LogP contribution in [0.3, 0.4) is 0 Å². The van der Waals surface area contributed by atoms with Crippen LogP contribution in [-0.2, 0) is 5.41 Å². The number of pyridine rings is 2. The first-order chi connectivity index (χ1) is 14.1. The van der Waals surface area contributed by atoms with Crippen LogP contribution in [-0.4, -0.2) is 22.4 Å². The molecule has 3 aromatic rings. The van der Waals surface area contributed by atoms with Gasteiger partial charge >= 0.3 is 0 Å². The number of hydrogen-bond donors (Lipinski definition) is 2. The number of hydrogen-bond acceptors (Lipinski definition) is 4. The van der Waals surface area contributed by atoms with Gasteiger partial charge in [-0.15, -0.1) is 0 Å². The molecule has 0 saturated heterocycles. The molecule has 1 aromatic carbocycles. The first-order valence-electron chi connectivity index (χ1n) is 9.44. The lowest BCUT2D eigenvalue weighted by Gasteiger charge is -2.41. The van der Waals surface area contributed by atoms with Crippen molar-refractivity contribution in [2.24, 2.45) is 0 Å². The van der Waals surface area contributed by atoms with E-state index in [2.05, 4.69) is 20.6 Å². The molecule has 0 atom stereocenters. The topological polar surface area (TPSA) is 66.9 Å². The lowest BCUT2D eigenvalue weighted by Crippen LogP contribution is -2.42. The molecule has 4 rings (SSSR count). The molecule has 0 unspecified atom stereocenters. The summed E-state index contributed by atoms with van der Waals surface area (Å²) in [5, 5.41) is 5.87. The molecule has 0 aliphatic heterocycles. The van der Waals surface area contributed by atoms with Crippen LogP contribution in [0.15, 0.2) is 60.9 Å². The van der Waals surface area contributed by atoms with Crippen LogP contribution in [0, 0.1) is 11.6 Å². The molecule has 5 nitrogen and oxygen atoms in total. The van der Waals surface area contributed by atoms with E-state index in [4.69, 9.17) is 0 Å². The molecule has 1 saturated carbocycles. The van der Waals surface area contributed by atoms with Crippen molar-refractivity contribution in [2.45, 2.75) is 24.7 Å². The van der Waals surface area contributed by atoms with Gasteiger partial charge in [0.2, 0.25) is 0 Å². The third-order valence-electron chi connectivity index (χ3n) is 5.29. The number of carbonyl (C=O) groups excluding carboxylic acids is 1. The predicted octanol–water partition coefficient (Wildman–Crippen LogP) is 4.54. The van der Waals surface area contributed by atoms with E-state index in [0.29, 0.717) is 29.3 Å². The lowest BCUT2D eigenvalue weighted by molar-refractivity contribution is 0.102. The van der Waals surface area contributed by atoms with E-state index < -0.39 is 5.82 Å². The summed E-state index contributed by atoms with van der Waals surface area (Å²) in [5.74, 6) is -0.489. The van der Waals surface area contributed by atoms with Crippen molar-refractivity contribution in [2.75, 3.05) is 17.2 Å². The Morgan fingerprint density at radius 2 is 1.93 bits per heavy atom. The smallest absolute Gasteiger partial charge is 0.257 e. The molecule has 2 aromatic heterocycles. The molecule has 148 valence electrons. The molecule has 2 N–H and O–H groups in total. The second-order valence-electron chi connectivity index (χ2n) is 7.22. The minimum absolute atomic E-state index is 0.286. The molecule has 1 aliphatic carbocycles. The maximum Gasteiger partial charge on any atom is 0.257 e. The summed E-state index contributed by atoms with van der Waals surface area (Å²) in [6.45, 7) is 0.517. The van der Waals surface area contributed by atoms with Gasteiger partial charge < -0.3 is 10.6 Å². The number of aromatic nitrogens is 2. The van der Waals surface area contributed by atoms with Gasteiger partial charge in [-0.05, 0) is 55.3 Å². The van der Waals surface area contributed by atoms with E-state index >= 15 is 0 Å². The SMILES string of the molecule is O=C(Nc1cccc(F)c1)c1ccc(NCC2(c3ncccc3F)CCC2)nc1. The fourth-order valence-electron chi connectivity index (χ4n) is 3.54. The zero-order valence-corrected chi connectivity index (χ0v) is 15.7. The molecule has 29 heavy (non-hydrogen) atoms. The van der Waals surface area contributed by atoms with Crippen molar-refractivity contribution in [1.82, 2.24) is 9.97 Å². The number of rotatable bonds is 6. The third kappa shape index (κ3) is 4.08. The number of nitrogens with zero attached hydrogens (tertiary/aromatic N) is 2. The maximum absolute atomic E-state index is 14.2. The highest BCUT2D eigenvalue weighted by molar-refractivity contribution is 6.04. The van der Waals surface area contributed by atoms with Crippen LogP contribution in [0.2, 0.25) is 0 Å². The Bertz CT molecular complexity index is 1020. The molecular formula is C22H20F2N4O. The highest BCUT2D eigenvalue weighted by atomic mass is 19.1. The van der Waals surface area contributed by atoms with Gasteiger partial charge in [0, 0.05) is 30.0 Å². The zero-order valence-electron chi connectivity index (χ0n) is 15.7. The monoisotopic (exact) mass is 394 g/mol. The first kappa shape index (κ1) is 19.0. The van der Waals surface area contributed by atoms with E-state index in [9.17, 15) is 13.6 Å². The summed E-state index contributed by atoms with van der Waals surface area (Å²) in [4.78, 5) is 20.8. The van der Waals surface area contributed by atoms with E-state index in [1.54, 1.807) is 30.5 Å². The van der Waals surface area contributed by atoms with E-state index in [1.165, 1.54) is 30.5 Å². The Morgan fingerprint density at radius 3 is 2.59 bits per heavy atom. The van der Waals surface area contributed by atoms with Crippen molar-refractivity contribution >= 4 is 17.4 Å². The van der Waals surface area contributed by atoms with Crippen LogP contribution in [0.4, 0.5) is 20.3 Å². The van der Waals surface area contributed by atoms with Gasteiger partial charge in [-0.1, -0.05) is 12.5 Å². The Balaban J connectivity index is 1.41. The van der Waals surface area contributed by atoms with Crippen LogP contribution in [0.25, 0.3) is 0 Å². The van der Waals surface area contributed by atoms with E-state index in [-0.39, 0.29) is 17.1 Å². The molecule has 7 heteroatoms. The number of amides is 1. The minimum Gasteiger partial charge on any atom is -0.369 e. The Hall–Kier alpha value is -3.35. The van der Waals surface area contributed by atoms with Crippen molar-refractivity contribution in [1.29, 1.82) is 0 Å². The van der Waals surface area contributed by atoms with Gasteiger partial charge in [0.1, 0.15) is 17.5 Å². The first-order valence-corrected chi connectivity index (χ1v) is 9.44. The summed E-state index contributed by atoms with van der Waals surface area (Å²) in [6, 6.07) is 12.1. The van der Waals surface area contributed by atoms with E-state index in [0.717, 1.165) is 19.3 Å². The molecular weight excluding hydrogens is 374 g/mol. The van der Waals surface area contributed by atoms with Gasteiger partial charge in [-0.2, -0.15) is 0 Å². The van der Waals surface area contributed by atoms with Gasteiger partial charge in [0.05, 0.1) is 11.3 Å². The highest BCUT2D eigenvalue weighted by Gasteiger charge is 2.41. The Kier molecular flexibility index (Phi) is 5.20. The Labute approximate surface area is 167 Å². The maximum atomic E-state index is 14.2. The predicted molar refractivity (Wildman–Crippen MR) is 107 cm³/mol. The molecule has 1 amide bonds. The molecule has 0 radical (unpaired) electrons. The molecule has 2 heterocycles. The second kappa shape index (κ2) is 7.95. The zero-order chi connectivity index (χ0) is 20.3. The average Bonchev–Trinajstić information content (AvgIpc) is 2.69. The average molecular weight is 394 g/mol. The van der Waals surface area contributed by atoms with Gasteiger partial charge in [-0.25, -0.2) is 13.8 Å². The van der Waals surface area contributed by atoms with Gasteiger partial charge in [-0.3, -0.25) is 9.78 Å². The quantitative estimate of drug-likeness (QED) is 0.644. The summed E-state index contributed by atoms with van der Waals surface area (Å²) in [5.41, 5.74) is 0.890. The molecule has 1 fully saturated rings. The molecule has 1 aliphatic rings. The third-order valence-corrected chi connectivity index (χ3v) is 5.29. The van der Waals surface area contributed by atoms with Crippen LogP contribution >= 0.6 is 0 Å². The van der Waals surface area contributed by atoms with Crippen molar-refractivity contribution in [3.63, 3.8) is 0 Å². The van der Waals surface area contributed by atoms with Crippen LogP contribution in [0.1, 0.15) is 35.3 Å². The summed E-state index contributed by atoms with van der Waals surface area (Å²) in [7, 11) is 0. The minimum atomic E-state index is -0.422. The van der Waals surface area contributed by atoms with Crippen molar-refractivity contribution < 1.29 is 13.6 Å². The normalized spacial score (nSPS) is 14.7. The Morgan fingerprint density at radius 1 is 1.07 bits per heavy atom. The summed E-state index contributed by atoms with van der Waals surface area (Å²) >= 11 is 0. The number of carbonyl (C=O) groups is 1. The number of anilines is 2. The van der Waals surface area contributed by atoms with Crippen molar-refractivity contribution in [3.8, 4) is 0 Å². The summed E-state index contributed by atoms with van der Waals surface area (Å²) in [6.07, 6.45) is 5.82. The largest absolute Gasteiger partial charge is 0.369 e. The van der Waals surface area contributed by atoms with Crippen LogP contribution < -0.4 is 10.6 Å². The molecule has 0 spiro atoms. The number of halogens is 2. The fourth-order valence-corrected chi connectivity index (χ4v) is 3.54. The fraction of sp³-hybridized carbons (Fsp3) is 0.227. The lowest BCUT2D eigenvalue weighted by atomic mass is 9.66. The number of benzene rings is 1. The van der Waals surface area contributed by atoms with Crippen molar-refractivity contribution in [3.05, 3.63) is 83.8 Å². The molecule has 0 bridgehead atoms. The van der Waals surface area contributed by atoms with E-state index in [1.807, 2.05) is 0 Å². The van der Waals surface area contributed by atoms with Gasteiger partial charge in [0.25, 0.3) is 5.91 Å². The highest BCUT2D eigenvalue weighted by Crippen LogP contribution is 2.43.